The van der Waals surface area contributed by atoms with Crippen molar-refractivity contribution in [3.8, 4) is 0 Å². The number of hydrogen-bond donors (Lipinski definition) is 1. The molecule has 0 unspecified atom stereocenters. The van der Waals surface area contributed by atoms with Crippen LogP contribution in [0.4, 0.5) is 0 Å². The first-order chi connectivity index (χ1) is 9.79. The molecule has 0 spiro atoms. The molecule has 1 aromatic rings. The lowest BCUT2D eigenvalue weighted by Crippen LogP contribution is -2.33. The molecule has 1 N–H and O–H groups in total. The summed E-state index contributed by atoms with van der Waals surface area (Å²) in [6, 6.07) is 7.78. The summed E-state index contributed by atoms with van der Waals surface area (Å²) in [6.45, 7) is 9.93. The monoisotopic (exact) mass is 291 g/mol. The van der Waals surface area contributed by atoms with Crippen LogP contribution in [0.15, 0.2) is 24.3 Å². The van der Waals surface area contributed by atoms with E-state index in [1.54, 1.807) is 12.1 Å². The molecule has 21 heavy (non-hydrogen) atoms. The maximum Gasteiger partial charge on any atom is 0.335 e. The zero-order chi connectivity index (χ0) is 16.0. The van der Waals surface area contributed by atoms with Crippen LogP contribution in [0.5, 0.6) is 0 Å². The van der Waals surface area contributed by atoms with Crippen molar-refractivity contribution in [3.63, 3.8) is 0 Å². The molecule has 0 aliphatic rings. The molecule has 0 atom stereocenters. The molecule has 0 saturated carbocycles. The first kappa shape index (κ1) is 17.7. The minimum atomic E-state index is -0.868. The third kappa shape index (κ3) is 6.30. The predicted molar refractivity (Wildman–Crippen MR) is 87.6 cm³/mol. The normalized spacial score (nSPS) is 11.9. The van der Waals surface area contributed by atoms with E-state index in [4.69, 9.17) is 5.11 Å². The van der Waals surface area contributed by atoms with Crippen molar-refractivity contribution in [1.29, 1.82) is 0 Å². The van der Waals surface area contributed by atoms with Crippen LogP contribution in [0, 0.1) is 11.8 Å². The summed E-state index contributed by atoms with van der Waals surface area (Å²) in [7, 11) is 2.17. The van der Waals surface area contributed by atoms with Gasteiger partial charge in [-0.2, -0.15) is 0 Å². The van der Waals surface area contributed by atoms with Gasteiger partial charge in [0.05, 0.1) is 5.56 Å². The predicted octanol–water partition coefficient (Wildman–Crippen LogP) is 4.28. The molecule has 3 nitrogen and oxygen atoms in total. The minimum Gasteiger partial charge on any atom is -0.478 e. The quantitative estimate of drug-likeness (QED) is 0.777. The fourth-order valence-electron chi connectivity index (χ4n) is 2.71. The van der Waals surface area contributed by atoms with Gasteiger partial charge in [0.25, 0.3) is 0 Å². The van der Waals surface area contributed by atoms with Gasteiger partial charge in [0, 0.05) is 12.6 Å². The smallest absolute Gasteiger partial charge is 0.335 e. The molecule has 118 valence electrons. The van der Waals surface area contributed by atoms with E-state index in [9.17, 15) is 4.79 Å². The summed E-state index contributed by atoms with van der Waals surface area (Å²) in [5, 5.41) is 8.93. The van der Waals surface area contributed by atoms with Crippen LogP contribution >= 0.6 is 0 Å². The van der Waals surface area contributed by atoms with Crippen molar-refractivity contribution in [2.24, 2.45) is 11.8 Å². The molecular weight excluding hydrogens is 262 g/mol. The van der Waals surface area contributed by atoms with Crippen LogP contribution in [0.2, 0.25) is 0 Å². The second-order valence-electron chi connectivity index (χ2n) is 6.83. The maximum atomic E-state index is 10.9. The van der Waals surface area contributed by atoms with Gasteiger partial charge in [-0.05, 0) is 49.4 Å². The van der Waals surface area contributed by atoms with E-state index in [2.05, 4.69) is 39.6 Å². The summed E-state index contributed by atoms with van der Waals surface area (Å²) >= 11 is 0. The van der Waals surface area contributed by atoms with Crippen molar-refractivity contribution in [2.75, 3.05) is 7.05 Å². The Morgan fingerprint density at radius 1 is 1.05 bits per heavy atom. The number of hydrogen-bond acceptors (Lipinski definition) is 2. The first-order valence-electron chi connectivity index (χ1n) is 7.82. The Balaban J connectivity index is 2.70. The lowest BCUT2D eigenvalue weighted by atomic mass is 9.94. The molecule has 0 saturated heterocycles. The number of aromatic carboxylic acids is 1. The molecular formula is C18H29NO2. The zero-order valence-electron chi connectivity index (χ0n) is 14.0. The Kier molecular flexibility index (Phi) is 6.90. The van der Waals surface area contributed by atoms with Gasteiger partial charge in [-0.3, -0.25) is 4.90 Å². The van der Waals surface area contributed by atoms with Crippen LogP contribution in [0.1, 0.15) is 56.5 Å². The molecule has 0 amide bonds. The van der Waals surface area contributed by atoms with Crippen LogP contribution in [0.3, 0.4) is 0 Å². The molecule has 0 bridgehead atoms. The fraction of sp³-hybridized carbons (Fsp3) is 0.611. The number of nitrogens with zero attached hydrogens (tertiary/aromatic N) is 1. The van der Waals surface area contributed by atoms with Crippen molar-refractivity contribution in [2.45, 2.75) is 53.1 Å². The summed E-state index contributed by atoms with van der Waals surface area (Å²) in [4.78, 5) is 13.3. The second-order valence-corrected chi connectivity index (χ2v) is 6.83. The lowest BCUT2D eigenvalue weighted by molar-refractivity contribution is 0.0697. The highest BCUT2D eigenvalue weighted by molar-refractivity contribution is 5.87. The summed E-state index contributed by atoms with van der Waals surface area (Å²) < 4.78 is 0. The molecule has 3 heteroatoms. The van der Waals surface area contributed by atoms with Crippen LogP contribution < -0.4 is 0 Å². The lowest BCUT2D eigenvalue weighted by Gasteiger charge is -2.31. The fourth-order valence-corrected chi connectivity index (χ4v) is 2.71. The maximum absolute atomic E-state index is 10.9. The van der Waals surface area contributed by atoms with E-state index in [1.165, 1.54) is 18.4 Å². The van der Waals surface area contributed by atoms with E-state index in [0.717, 1.165) is 6.54 Å². The first-order valence-corrected chi connectivity index (χ1v) is 7.82. The van der Waals surface area contributed by atoms with Gasteiger partial charge in [-0.25, -0.2) is 4.79 Å². The number of carboxylic acids is 1. The molecule has 0 heterocycles. The summed E-state index contributed by atoms with van der Waals surface area (Å²) in [6.07, 6.45) is 2.39. The molecule has 0 aromatic heterocycles. The highest BCUT2D eigenvalue weighted by Gasteiger charge is 2.18. The third-order valence-corrected chi connectivity index (χ3v) is 3.74. The highest BCUT2D eigenvalue weighted by Crippen LogP contribution is 2.20. The molecule has 0 radical (unpaired) electrons. The van der Waals surface area contributed by atoms with Crippen molar-refractivity contribution < 1.29 is 9.90 Å². The van der Waals surface area contributed by atoms with Gasteiger partial charge in [-0.1, -0.05) is 39.8 Å². The van der Waals surface area contributed by atoms with Crippen molar-refractivity contribution >= 4 is 5.97 Å². The van der Waals surface area contributed by atoms with E-state index < -0.39 is 5.97 Å². The largest absolute Gasteiger partial charge is 0.478 e. The molecule has 1 rings (SSSR count). The molecule has 0 aliphatic carbocycles. The van der Waals surface area contributed by atoms with E-state index in [-0.39, 0.29) is 0 Å². The zero-order valence-corrected chi connectivity index (χ0v) is 14.0. The van der Waals surface area contributed by atoms with Gasteiger partial charge in [0.1, 0.15) is 0 Å². The molecule has 0 fully saturated rings. The third-order valence-electron chi connectivity index (χ3n) is 3.74. The van der Waals surface area contributed by atoms with Gasteiger partial charge in [0.15, 0.2) is 0 Å². The summed E-state index contributed by atoms with van der Waals surface area (Å²) in [5.41, 5.74) is 1.52. The van der Waals surface area contributed by atoms with Crippen LogP contribution in [0.25, 0.3) is 0 Å². The number of benzene rings is 1. The van der Waals surface area contributed by atoms with Crippen LogP contribution in [-0.2, 0) is 6.54 Å². The minimum absolute atomic E-state index is 0.349. The Morgan fingerprint density at radius 2 is 1.52 bits per heavy atom. The number of carboxylic acid groups (broad SMARTS) is 1. The number of carbonyl (C=O) groups is 1. The van der Waals surface area contributed by atoms with E-state index >= 15 is 0 Å². The summed E-state index contributed by atoms with van der Waals surface area (Å²) in [5.74, 6) is 0.503. The Morgan fingerprint density at radius 3 is 1.90 bits per heavy atom. The number of rotatable bonds is 8. The SMILES string of the molecule is CC(C)CC(CC(C)C)N(C)Cc1ccc(C(=O)O)cc1. The average Bonchev–Trinajstić information content (AvgIpc) is 2.37. The van der Waals surface area contributed by atoms with Gasteiger partial charge >= 0.3 is 5.97 Å². The van der Waals surface area contributed by atoms with Crippen molar-refractivity contribution in [1.82, 2.24) is 4.90 Å². The van der Waals surface area contributed by atoms with Gasteiger partial charge in [0.2, 0.25) is 0 Å². The topological polar surface area (TPSA) is 40.5 Å². The van der Waals surface area contributed by atoms with Crippen molar-refractivity contribution in [3.05, 3.63) is 35.4 Å². The average molecular weight is 291 g/mol. The highest BCUT2D eigenvalue weighted by atomic mass is 16.4. The Bertz CT molecular complexity index is 427. The van der Waals surface area contributed by atoms with Crippen LogP contribution in [-0.4, -0.2) is 29.1 Å². The van der Waals surface area contributed by atoms with E-state index in [0.29, 0.717) is 23.4 Å². The van der Waals surface area contributed by atoms with Gasteiger partial charge < -0.3 is 5.11 Å². The standard InChI is InChI=1S/C18H29NO2/c1-13(2)10-17(11-14(3)4)19(5)12-15-6-8-16(9-7-15)18(20)21/h6-9,13-14,17H,10-12H2,1-5H3,(H,20,21). The Hall–Kier alpha value is -1.35. The molecule has 1 aromatic carbocycles. The van der Waals surface area contributed by atoms with E-state index in [1.807, 2.05) is 12.1 Å². The van der Waals surface area contributed by atoms with Gasteiger partial charge in [-0.15, -0.1) is 0 Å². The molecule has 0 aliphatic heterocycles. The Labute approximate surface area is 129 Å². The second kappa shape index (κ2) is 8.18.